The number of benzene rings is 2. The molecule has 0 spiro atoms. The van der Waals surface area contributed by atoms with Gasteiger partial charge in [0.15, 0.2) is 0 Å². The number of hydrogen-bond donors (Lipinski definition) is 1. The van der Waals surface area contributed by atoms with Crippen LogP contribution >= 0.6 is 15.9 Å². The van der Waals surface area contributed by atoms with Crippen molar-refractivity contribution < 1.29 is 13.5 Å². The molecule has 0 aromatic heterocycles. The first-order chi connectivity index (χ1) is 9.56. The molecular weight excluding hydrogens is 328 g/mol. The summed E-state index contributed by atoms with van der Waals surface area (Å²) >= 11 is 3.46. The van der Waals surface area contributed by atoms with Crippen molar-refractivity contribution in [2.75, 3.05) is 5.32 Å². The summed E-state index contributed by atoms with van der Waals surface area (Å²) in [6.07, 6.45) is 0. The molecule has 0 bridgehead atoms. The number of halogens is 3. The summed E-state index contributed by atoms with van der Waals surface area (Å²) in [5.41, 5.74) is 2.73. The fourth-order valence-electron chi connectivity index (χ4n) is 1.76. The second kappa shape index (κ2) is 6.70. The highest BCUT2D eigenvalue weighted by molar-refractivity contribution is 9.10. The Morgan fingerprint density at radius 3 is 2.65 bits per heavy atom. The normalized spacial score (nSPS) is 10.7. The van der Waals surface area contributed by atoms with Crippen LogP contribution in [0.2, 0.25) is 0 Å². The zero-order chi connectivity index (χ0) is 14.5. The van der Waals surface area contributed by atoms with Gasteiger partial charge in [0.05, 0.1) is 0 Å². The van der Waals surface area contributed by atoms with E-state index in [-0.39, 0.29) is 5.75 Å². The molecule has 0 heterocycles. The molecule has 0 radical (unpaired) electrons. The maximum absolute atomic E-state index is 12.3. The third-order valence-electron chi connectivity index (χ3n) is 2.84. The SMILES string of the molecule is Cc1ccc(NCc2ccccc2OC(F)F)cc1Br. The largest absolute Gasteiger partial charge is 0.434 e. The molecule has 2 aromatic rings. The number of rotatable bonds is 5. The van der Waals surface area contributed by atoms with Crippen molar-refractivity contribution in [2.45, 2.75) is 20.1 Å². The van der Waals surface area contributed by atoms with Gasteiger partial charge in [0.1, 0.15) is 5.75 Å². The molecule has 2 nitrogen and oxygen atoms in total. The van der Waals surface area contributed by atoms with E-state index in [0.717, 1.165) is 15.7 Å². The van der Waals surface area contributed by atoms with Gasteiger partial charge in [0.2, 0.25) is 0 Å². The lowest BCUT2D eigenvalue weighted by molar-refractivity contribution is -0.0504. The van der Waals surface area contributed by atoms with E-state index >= 15 is 0 Å². The number of para-hydroxylation sites is 1. The molecule has 5 heteroatoms. The molecule has 0 aliphatic rings. The van der Waals surface area contributed by atoms with Crippen molar-refractivity contribution in [3.05, 3.63) is 58.1 Å². The number of nitrogens with one attached hydrogen (secondary N) is 1. The van der Waals surface area contributed by atoms with Gasteiger partial charge < -0.3 is 10.1 Å². The van der Waals surface area contributed by atoms with Crippen LogP contribution in [0.4, 0.5) is 14.5 Å². The minimum atomic E-state index is -2.82. The topological polar surface area (TPSA) is 21.3 Å². The minimum Gasteiger partial charge on any atom is -0.434 e. The molecule has 20 heavy (non-hydrogen) atoms. The number of ether oxygens (including phenoxy) is 1. The van der Waals surface area contributed by atoms with Gasteiger partial charge in [-0.15, -0.1) is 0 Å². The molecule has 0 fully saturated rings. The molecule has 2 rings (SSSR count). The lowest BCUT2D eigenvalue weighted by atomic mass is 10.2. The summed E-state index contributed by atoms with van der Waals surface area (Å²) in [4.78, 5) is 0. The molecule has 2 aromatic carbocycles. The molecule has 1 N–H and O–H groups in total. The van der Waals surface area contributed by atoms with Crippen molar-refractivity contribution in [3.63, 3.8) is 0 Å². The quantitative estimate of drug-likeness (QED) is 0.828. The smallest absolute Gasteiger partial charge is 0.387 e. The van der Waals surface area contributed by atoms with Gasteiger partial charge >= 0.3 is 6.61 Å². The predicted molar refractivity (Wildman–Crippen MR) is 79.3 cm³/mol. The van der Waals surface area contributed by atoms with E-state index < -0.39 is 6.61 Å². The number of alkyl halides is 2. The zero-order valence-electron chi connectivity index (χ0n) is 10.9. The van der Waals surface area contributed by atoms with Gasteiger partial charge in [-0.05, 0) is 30.7 Å². The van der Waals surface area contributed by atoms with Crippen molar-refractivity contribution in [1.82, 2.24) is 0 Å². The van der Waals surface area contributed by atoms with Gasteiger partial charge in [-0.3, -0.25) is 0 Å². The van der Waals surface area contributed by atoms with E-state index in [1.807, 2.05) is 25.1 Å². The molecule has 0 saturated carbocycles. The highest BCUT2D eigenvalue weighted by Gasteiger charge is 2.08. The maximum atomic E-state index is 12.3. The Hall–Kier alpha value is -1.62. The monoisotopic (exact) mass is 341 g/mol. The summed E-state index contributed by atoms with van der Waals surface area (Å²) in [6.45, 7) is -0.400. The first kappa shape index (κ1) is 14.8. The fraction of sp³-hybridized carbons (Fsp3) is 0.200. The Labute approximate surface area is 124 Å². The summed E-state index contributed by atoms with van der Waals surface area (Å²) in [5, 5.41) is 3.19. The van der Waals surface area contributed by atoms with Crippen molar-refractivity contribution in [1.29, 1.82) is 0 Å². The van der Waals surface area contributed by atoms with E-state index in [1.165, 1.54) is 6.07 Å². The average molecular weight is 342 g/mol. The highest BCUT2D eigenvalue weighted by Crippen LogP contribution is 2.24. The van der Waals surface area contributed by atoms with Gasteiger partial charge in [0, 0.05) is 22.3 Å². The van der Waals surface area contributed by atoms with Crippen LogP contribution in [0.25, 0.3) is 0 Å². The van der Waals surface area contributed by atoms with E-state index in [9.17, 15) is 8.78 Å². The van der Waals surface area contributed by atoms with Crippen molar-refractivity contribution in [3.8, 4) is 5.75 Å². The van der Waals surface area contributed by atoms with Crippen molar-refractivity contribution in [2.24, 2.45) is 0 Å². The Bertz CT molecular complexity index is 590. The van der Waals surface area contributed by atoms with Crippen LogP contribution in [0.15, 0.2) is 46.9 Å². The Morgan fingerprint density at radius 2 is 1.95 bits per heavy atom. The molecule has 0 amide bonds. The number of hydrogen-bond acceptors (Lipinski definition) is 2. The predicted octanol–water partition coefficient (Wildman–Crippen LogP) is 4.97. The lowest BCUT2D eigenvalue weighted by Gasteiger charge is -2.12. The molecule has 106 valence electrons. The van der Waals surface area contributed by atoms with Crippen LogP contribution in [-0.4, -0.2) is 6.61 Å². The third kappa shape index (κ3) is 3.93. The van der Waals surface area contributed by atoms with Crippen LogP contribution in [0.1, 0.15) is 11.1 Å². The van der Waals surface area contributed by atoms with E-state index in [1.54, 1.807) is 18.2 Å². The van der Waals surface area contributed by atoms with Crippen LogP contribution < -0.4 is 10.1 Å². The van der Waals surface area contributed by atoms with Crippen LogP contribution in [0.3, 0.4) is 0 Å². The fourth-order valence-corrected chi connectivity index (χ4v) is 2.14. The third-order valence-corrected chi connectivity index (χ3v) is 3.70. The first-order valence-electron chi connectivity index (χ1n) is 6.09. The molecule has 0 atom stereocenters. The molecular formula is C15H14BrF2NO. The second-order valence-electron chi connectivity index (χ2n) is 4.30. The zero-order valence-corrected chi connectivity index (χ0v) is 12.5. The Morgan fingerprint density at radius 1 is 1.20 bits per heavy atom. The summed E-state index contributed by atoms with van der Waals surface area (Å²) in [6, 6.07) is 12.6. The molecule has 0 aliphatic heterocycles. The number of aryl methyl sites for hydroxylation is 1. The lowest BCUT2D eigenvalue weighted by Crippen LogP contribution is -2.07. The summed E-state index contributed by atoms with van der Waals surface area (Å²) < 4.78 is 30.1. The van der Waals surface area contributed by atoms with Crippen LogP contribution in [0, 0.1) is 6.92 Å². The van der Waals surface area contributed by atoms with Gasteiger partial charge in [0.25, 0.3) is 0 Å². The van der Waals surface area contributed by atoms with Gasteiger partial charge in [-0.2, -0.15) is 8.78 Å². The van der Waals surface area contributed by atoms with E-state index in [2.05, 4.69) is 26.0 Å². The van der Waals surface area contributed by atoms with Gasteiger partial charge in [-0.1, -0.05) is 40.2 Å². The van der Waals surface area contributed by atoms with E-state index in [0.29, 0.717) is 12.1 Å². The number of anilines is 1. The summed E-state index contributed by atoms with van der Waals surface area (Å²) in [7, 11) is 0. The first-order valence-corrected chi connectivity index (χ1v) is 6.88. The van der Waals surface area contributed by atoms with Gasteiger partial charge in [-0.25, -0.2) is 0 Å². The van der Waals surface area contributed by atoms with Crippen molar-refractivity contribution >= 4 is 21.6 Å². The van der Waals surface area contributed by atoms with E-state index in [4.69, 9.17) is 0 Å². The average Bonchev–Trinajstić information content (AvgIpc) is 2.41. The maximum Gasteiger partial charge on any atom is 0.387 e. The highest BCUT2D eigenvalue weighted by atomic mass is 79.9. The van der Waals surface area contributed by atoms with Crippen LogP contribution in [-0.2, 0) is 6.54 Å². The summed E-state index contributed by atoms with van der Waals surface area (Å²) in [5.74, 6) is 0.196. The minimum absolute atomic E-state index is 0.196. The standard InChI is InChI=1S/C15H14BrF2NO/c1-10-6-7-12(8-13(10)16)19-9-11-4-2-3-5-14(11)20-15(17)18/h2-8,15,19H,9H2,1H3. The molecule has 0 aliphatic carbocycles. The molecule has 0 unspecified atom stereocenters. The Balaban J connectivity index is 2.08. The van der Waals surface area contributed by atoms with Crippen LogP contribution in [0.5, 0.6) is 5.75 Å². The Kier molecular flexibility index (Phi) is 4.95. The second-order valence-corrected chi connectivity index (χ2v) is 5.16. The molecule has 0 saturated heterocycles.